The standard InChI is InChI=1S/C28H35N3O3/c1-18-10-19(2)12-21(11-18)16-30-8-6-28(7-9-30)25-13-20(3)26-22(17-31(25)27(32)29-28)14-23(33-4)15-24(26)34-5/h10-15,20H,6-9,16-17H2,1-5H3,(H,29,32). The number of piperidine rings is 1. The number of rotatable bonds is 4. The number of hydrogen-bond donors (Lipinski definition) is 1. The Bertz CT molecular complexity index is 1130. The summed E-state index contributed by atoms with van der Waals surface area (Å²) in [6.45, 7) is 9.90. The van der Waals surface area contributed by atoms with E-state index < -0.39 is 0 Å². The fourth-order valence-corrected chi connectivity index (χ4v) is 6.08. The first kappa shape index (κ1) is 22.8. The number of methoxy groups -OCH3 is 2. The summed E-state index contributed by atoms with van der Waals surface area (Å²) < 4.78 is 11.2. The third-order valence-electron chi connectivity index (χ3n) is 7.62. The molecule has 1 spiro atoms. The molecular formula is C28H35N3O3. The van der Waals surface area contributed by atoms with Gasteiger partial charge in [0.15, 0.2) is 0 Å². The fraction of sp³-hybridized carbons (Fsp3) is 0.464. The molecule has 6 nitrogen and oxygen atoms in total. The predicted octanol–water partition coefficient (Wildman–Crippen LogP) is 4.88. The van der Waals surface area contributed by atoms with Crippen LogP contribution in [0.2, 0.25) is 0 Å². The smallest absolute Gasteiger partial charge is 0.322 e. The van der Waals surface area contributed by atoms with Gasteiger partial charge in [-0.2, -0.15) is 0 Å². The summed E-state index contributed by atoms with van der Waals surface area (Å²) in [6, 6.07) is 10.8. The maximum absolute atomic E-state index is 13.2. The van der Waals surface area contributed by atoms with Gasteiger partial charge in [0.25, 0.3) is 0 Å². The molecule has 3 aliphatic heterocycles. The van der Waals surface area contributed by atoms with Crippen molar-refractivity contribution in [3.05, 3.63) is 69.9 Å². The van der Waals surface area contributed by atoms with E-state index in [0.717, 1.165) is 60.8 Å². The molecule has 1 N–H and O–H groups in total. The molecule has 2 aromatic rings. The predicted molar refractivity (Wildman–Crippen MR) is 133 cm³/mol. The van der Waals surface area contributed by atoms with Crippen molar-refractivity contribution in [3.8, 4) is 11.5 Å². The van der Waals surface area contributed by atoms with Crippen molar-refractivity contribution in [1.29, 1.82) is 0 Å². The monoisotopic (exact) mass is 461 g/mol. The summed E-state index contributed by atoms with van der Waals surface area (Å²) in [5, 5.41) is 3.38. The van der Waals surface area contributed by atoms with Gasteiger partial charge in [-0.05, 0) is 43.9 Å². The minimum absolute atomic E-state index is 0.00385. The van der Waals surface area contributed by atoms with Gasteiger partial charge in [0.1, 0.15) is 11.5 Å². The van der Waals surface area contributed by atoms with E-state index >= 15 is 0 Å². The number of aryl methyl sites for hydroxylation is 2. The van der Waals surface area contributed by atoms with Crippen molar-refractivity contribution >= 4 is 6.03 Å². The molecule has 2 amide bonds. The average Bonchev–Trinajstić information content (AvgIpc) is 2.94. The number of fused-ring (bicyclic) bond motifs is 3. The van der Waals surface area contributed by atoms with Crippen LogP contribution in [0, 0.1) is 13.8 Å². The first-order chi connectivity index (χ1) is 16.3. The number of allylic oxidation sites excluding steroid dienone is 1. The number of benzene rings is 2. The SMILES string of the molecule is COc1cc2c(c(OC)c1)C(C)C=C1N(C2)C(=O)NC12CCN(Cc1cc(C)cc(C)c1)CC2. The van der Waals surface area contributed by atoms with Crippen LogP contribution in [0.1, 0.15) is 53.5 Å². The van der Waals surface area contributed by atoms with Gasteiger partial charge < -0.3 is 14.8 Å². The number of likely N-dealkylation sites (tertiary alicyclic amines) is 1. The van der Waals surface area contributed by atoms with Crippen molar-refractivity contribution in [2.75, 3.05) is 27.3 Å². The van der Waals surface area contributed by atoms with Crippen LogP contribution in [-0.2, 0) is 13.1 Å². The van der Waals surface area contributed by atoms with Crippen LogP contribution in [-0.4, -0.2) is 48.7 Å². The van der Waals surface area contributed by atoms with Crippen LogP contribution in [0.3, 0.4) is 0 Å². The fourth-order valence-electron chi connectivity index (χ4n) is 6.08. The molecule has 34 heavy (non-hydrogen) atoms. The lowest BCUT2D eigenvalue weighted by atomic mass is 9.83. The maximum atomic E-state index is 13.2. The molecule has 2 fully saturated rings. The van der Waals surface area contributed by atoms with Gasteiger partial charge in [0, 0.05) is 42.9 Å². The third kappa shape index (κ3) is 3.94. The van der Waals surface area contributed by atoms with E-state index in [-0.39, 0.29) is 17.5 Å². The number of ether oxygens (including phenoxy) is 2. The van der Waals surface area contributed by atoms with Crippen molar-refractivity contribution in [3.63, 3.8) is 0 Å². The minimum atomic E-state index is -0.302. The highest BCUT2D eigenvalue weighted by Crippen LogP contribution is 2.45. The lowest BCUT2D eigenvalue weighted by molar-refractivity contribution is 0.160. The van der Waals surface area contributed by atoms with Gasteiger partial charge in [-0.1, -0.05) is 42.3 Å². The third-order valence-corrected chi connectivity index (χ3v) is 7.62. The molecule has 0 aromatic heterocycles. The maximum Gasteiger partial charge on any atom is 0.322 e. The Hall–Kier alpha value is -2.99. The van der Waals surface area contributed by atoms with E-state index in [9.17, 15) is 4.79 Å². The first-order valence-corrected chi connectivity index (χ1v) is 12.2. The van der Waals surface area contributed by atoms with Crippen LogP contribution in [0.25, 0.3) is 0 Å². The van der Waals surface area contributed by atoms with Gasteiger partial charge in [-0.25, -0.2) is 4.79 Å². The summed E-state index contributed by atoms with van der Waals surface area (Å²) in [6.07, 6.45) is 4.10. The summed E-state index contributed by atoms with van der Waals surface area (Å²) in [5.74, 6) is 1.70. The van der Waals surface area contributed by atoms with Crippen LogP contribution < -0.4 is 14.8 Å². The Morgan fingerprint density at radius 3 is 2.38 bits per heavy atom. The Kier molecular flexibility index (Phi) is 5.80. The molecule has 1 unspecified atom stereocenters. The molecule has 2 aromatic carbocycles. The number of carbonyl (C=O) groups is 1. The highest BCUT2D eigenvalue weighted by Gasteiger charge is 2.49. The lowest BCUT2D eigenvalue weighted by Crippen LogP contribution is -2.51. The Balaban J connectivity index is 1.40. The molecule has 5 rings (SSSR count). The van der Waals surface area contributed by atoms with Gasteiger partial charge >= 0.3 is 6.03 Å². The molecule has 3 aliphatic rings. The molecule has 0 aliphatic carbocycles. The summed E-state index contributed by atoms with van der Waals surface area (Å²) >= 11 is 0. The highest BCUT2D eigenvalue weighted by molar-refractivity contribution is 5.82. The van der Waals surface area contributed by atoms with Crippen LogP contribution >= 0.6 is 0 Å². The van der Waals surface area contributed by atoms with E-state index in [4.69, 9.17) is 9.47 Å². The summed E-state index contributed by atoms with van der Waals surface area (Å²) in [4.78, 5) is 17.6. The van der Waals surface area contributed by atoms with E-state index in [1.165, 1.54) is 16.7 Å². The number of nitrogens with one attached hydrogen (secondary N) is 1. The number of amides is 2. The van der Waals surface area contributed by atoms with E-state index in [0.29, 0.717) is 6.54 Å². The molecular weight excluding hydrogens is 426 g/mol. The van der Waals surface area contributed by atoms with Crippen molar-refractivity contribution < 1.29 is 14.3 Å². The number of hydrogen-bond acceptors (Lipinski definition) is 4. The minimum Gasteiger partial charge on any atom is -0.497 e. The zero-order chi connectivity index (χ0) is 24.0. The van der Waals surface area contributed by atoms with E-state index in [1.54, 1.807) is 14.2 Å². The van der Waals surface area contributed by atoms with Crippen molar-refractivity contribution in [2.24, 2.45) is 0 Å². The summed E-state index contributed by atoms with van der Waals surface area (Å²) in [5.41, 5.74) is 7.02. The normalized spacial score (nSPS) is 21.4. The van der Waals surface area contributed by atoms with Gasteiger partial charge in [0.2, 0.25) is 0 Å². The van der Waals surface area contributed by atoms with Gasteiger partial charge in [0.05, 0.1) is 26.3 Å². The molecule has 180 valence electrons. The molecule has 3 heterocycles. The van der Waals surface area contributed by atoms with Gasteiger partial charge in [-0.3, -0.25) is 9.80 Å². The molecule has 0 radical (unpaired) electrons. The molecule has 6 heteroatoms. The van der Waals surface area contributed by atoms with Crippen molar-refractivity contribution in [2.45, 2.75) is 58.2 Å². The zero-order valence-electron chi connectivity index (χ0n) is 20.9. The average molecular weight is 462 g/mol. The number of carbonyl (C=O) groups excluding carboxylic acids is 1. The van der Waals surface area contributed by atoms with E-state index in [2.05, 4.69) is 55.3 Å². The second-order valence-electron chi connectivity index (χ2n) is 10.1. The second-order valence-corrected chi connectivity index (χ2v) is 10.1. The summed E-state index contributed by atoms with van der Waals surface area (Å²) in [7, 11) is 3.36. The lowest BCUT2D eigenvalue weighted by Gasteiger charge is -2.40. The number of nitrogens with zero attached hydrogens (tertiary/aromatic N) is 2. The molecule has 0 saturated carbocycles. The van der Waals surface area contributed by atoms with Crippen LogP contribution in [0.15, 0.2) is 42.1 Å². The second kappa shape index (κ2) is 8.66. The Morgan fingerprint density at radius 2 is 1.74 bits per heavy atom. The van der Waals surface area contributed by atoms with Crippen LogP contribution in [0.4, 0.5) is 4.79 Å². The van der Waals surface area contributed by atoms with Crippen LogP contribution in [0.5, 0.6) is 11.5 Å². The number of urea groups is 1. The topological polar surface area (TPSA) is 54.0 Å². The largest absolute Gasteiger partial charge is 0.497 e. The van der Waals surface area contributed by atoms with E-state index in [1.807, 2.05) is 17.0 Å². The molecule has 2 saturated heterocycles. The molecule has 0 bridgehead atoms. The Morgan fingerprint density at radius 1 is 1.03 bits per heavy atom. The zero-order valence-corrected chi connectivity index (χ0v) is 20.9. The van der Waals surface area contributed by atoms with Gasteiger partial charge in [-0.15, -0.1) is 0 Å². The first-order valence-electron chi connectivity index (χ1n) is 12.2. The quantitative estimate of drug-likeness (QED) is 0.705. The van der Waals surface area contributed by atoms with Crippen molar-refractivity contribution in [1.82, 2.24) is 15.1 Å². The Labute approximate surface area is 202 Å². The highest BCUT2D eigenvalue weighted by atomic mass is 16.5. The molecule has 1 atom stereocenters.